The predicted octanol–water partition coefficient (Wildman–Crippen LogP) is 5.88. The number of carbonyl (C=O) groups is 1. The number of aliphatic hydroxyl groups is 1. The summed E-state index contributed by atoms with van der Waals surface area (Å²) in [5.74, 6) is 1.15. The maximum atomic E-state index is 13.3. The molecule has 11 nitrogen and oxygen atoms in total. The first-order valence-electron chi connectivity index (χ1n) is 16.6. The molecule has 0 aliphatic carbocycles. The van der Waals surface area contributed by atoms with Crippen LogP contribution in [0.25, 0.3) is 0 Å². The molecule has 4 atom stereocenters. The van der Waals surface area contributed by atoms with Crippen molar-refractivity contribution in [3.05, 3.63) is 118 Å². The van der Waals surface area contributed by atoms with Gasteiger partial charge in [-0.25, -0.2) is 4.79 Å². The van der Waals surface area contributed by atoms with Gasteiger partial charge in [0.1, 0.15) is 41.2 Å². The Bertz CT molecular complexity index is 1760. The molecule has 0 spiro atoms. The van der Waals surface area contributed by atoms with E-state index in [9.17, 15) is 14.7 Å². The highest BCUT2D eigenvalue weighted by Crippen LogP contribution is 2.45. The van der Waals surface area contributed by atoms with Gasteiger partial charge in [-0.05, 0) is 65.2 Å². The van der Waals surface area contributed by atoms with Gasteiger partial charge in [0.15, 0.2) is 14.5 Å². The van der Waals surface area contributed by atoms with Crippen LogP contribution < -0.4 is 20.5 Å². The second-order valence-electron chi connectivity index (χ2n) is 13.9. The number of aliphatic hydroxyl groups excluding tert-OH is 1. The summed E-state index contributed by atoms with van der Waals surface area (Å²) >= 11 is 0. The third-order valence-corrected chi connectivity index (χ3v) is 14.1. The van der Waals surface area contributed by atoms with E-state index in [0.717, 1.165) is 16.7 Å². The monoisotopic (exact) mass is 701 g/mol. The summed E-state index contributed by atoms with van der Waals surface area (Å²) in [6, 6.07) is 26.7. The van der Waals surface area contributed by atoms with Gasteiger partial charge in [0, 0.05) is 13.1 Å². The molecule has 12 heteroatoms. The lowest BCUT2D eigenvalue weighted by Gasteiger charge is -2.40. The first kappa shape index (κ1) is 36.9. The minimum Gasteiger partial charge on any atom is -0.497 e. The van der Waals surface area contributed by atoms with Crippen LogP contribution in [0, 0.1) is 0 Å². The number of carbonyl (C=O) groups excluding carboxylic acids is 1. The van der Waals surface area contributed by atoms with Crippen molar-refractivity contribution in [2.75, 3.05) is 26.1 Å². The molecule has 4 aromatic rings. The van der Waals surface area contributed by atoms with Gasteiger partial charge < -0.3 is 33.8 Å². The molecule has 1 aromatic heterocycles. The molecule has 1 amide bonds. The average Bonchev–Trinajstić information content (AvgIpc) is 3.38. The number of nitrogens with one attached hydrogen (secondary N) is 1. The maximum Gasteiger partial charge on any atom is 0.351 e. The Labute approximate surface area is 294 Å². The summed E-state index contributed by atoms with van der Waals surface area (Å²) in [5, 5.41) is 14.3. The lowest BCUT2D eigenvalue weighted by molar-refractivity contribution is -0.114. The van der Waals surface area contributed by atoms with Crippen LogP contribution in [0.4, 0.5) is 5.82 Å². The summed E-state index contributed by atoms with van der Waals surface area (Å²) in [5.41, 5.74) is 0.676. The Balaban J connectivity index is 1.58. The molecule has 1 aliphatic heterocycles. The molecule has 1 fully saturated rings. The van der Waals surface area contributed by atoms with Crippen LogP contribution in [0.2, 0.25) is 18.1 Å². The number of hydrogen-bond acceptors (Lipinski definition) is 9. The van der Waals surface area contributed by atoms with Crippen molar-refractivity contribution in [2.24, 2.45) is 0 Å². The summed E-state index contributed by atoms with van der Waals surface area (Å²) in [6.45, 7) is 11.7. The van der Waals surface area contributed by atoms with Crippen molar-refractivity contribution >= 4 is 20.0 Å². The molecule has 50 heavy (non-hydrogen) atoms. The summed E-state index contributed by atoms with van der Waals surface area (Å²) in [7, 11) is 0.733. The number of aromatic nitrogens is 2. The van der Waals surface area contributed by atoms with E-state index in [1.54, 1.807) is 14.2 Å². The standard InChI is InChI=1S/C38H47N3O8Si/c1-25(42)39-32-22-23-41(36(44)40-32)35-34(49-50(7,8)37(2,3)4)33(43)31(48-35)24-47-38(26-12-10-9-11-13-26,27-14-18-29(45-5)19-15-27)28-16-20-30(46-6)21-17-28/h9-23,31,33-35,43H,24H2,1-8H3,(H,39,40,42,44)/t31-,33-,34-,35-/m1/s1. The zero-order valence-corrected chi connectivity index (χ0v) is 30.9. The molecule has 0 unspecified atom stereocenters. The molecule has 0 saturated carbocycles. The number of rotatable bonds is 12. The van der Waals surface area contributed by atoms with Crippen molar-refractivity contribution in [1.82, 2.24) is 9.55 Å². The quantitative estimate of drug-likeness (QED) is 0.138. The van der Waals surface area contributed by atoms with Crippen LogP contribution in [0.15, 0.2) is 95.9 Å². The predicted molar refractivity (Wildman–Crippen MR) is 193 cm³/mol. The number of benzene rings is 3. The van der Waals surface area contributed by atoms with E-state index in [2.05, 4.69) is 44.2 Å². The van der Waals surface area contributed by atoms with Crippen LogP contribution in [0.5, 0.6) is 11.5 Å². The topological polar surface area (TPSA) is 130 Å². The zero-order chi connectivity index (χ0) is 36.3. The molecule has 1 aliphatic rings. The average molecular weight is 702 g/mol. The van der Waals surface area contributed by atoms with Crippen molar-refractivity contribution in [3.8, 4) is 11.5 Å². The van der Waals surface area contributed by atoms with Crippen LogP contribution in [-0.2, 0) is 24.3 Å². The van der Waals surface area contributed by atoms with Crippen molar-refractivity contribution < 1.29 is 33.3 Å². The number of methoxy groups -OCH3 is 2. The minimum absolute atomic E-state index is 0.0753. The van der Waals surface area contributed by atoms with Gasteiger partial charge in [0.05, 0.1) is 20.8 Å². The SMILES string of the molecule is COc1ccc(C(OC[C@H]2O[C@@H](n3ccc(NC(C)=O)nc3=O)[C@H](O[Si](C)(C)C(C)(C)C)[C@@H]2O)(c2ccccc2)c2ccc(OC)cc2)cc1. The fraction of sp³-hybridized carbons (Fsp3) is 0.395. The van der Waals surface area contributed by atoms with Gasteiger partial charge >= 0.3 is 5.69 Å². The largest absolute Gasteiger partial charge is 0.497 e. The molecular formula is C38H47N3O8Si. The normalized spacial score (nSPS) is 19.6. The van der Waals surface area contributed by atoms with Crippen molar-refractivity contribution in [2.45, 2.75) is 76.0 Å². The minimum atomic E-state index is -2.50. The Morgan fingerprint density at radius 2 is 1.44 bits per heavy atom. The van der Waals surface area contributed by atoms with Crippen LogP contribution >= 0.6 is 0 Å². The van der Waals surface area contributed by atoms with Gasteiger partial charge in [0.25, 0.3) is 0 Å². The third kappa shape index (κ3) is 7.54. The van der Waals surface area contributed by atoms with E-state index < -0.39 is 44.1 Å². The number of nitrogens with zero attached hydrogens (tertiary/aromatic N) is 2. The smallest absolute Gasteiger partial charge is 0.351 e. The fourth-order valence-corrected chi connectivity index (χ4v) is 7.15. The van der Waals surface area contributed by atoms with Crippen molar-refractivity contribution in [3.63, 3.8) is 0 Å². The lowest BCUT2D eigenvalue weighted by atomic mass is 9.80. The number of hydrogen-bond donors (Lipinski definition) is 2. The number of anilines is 1. The summed E-state index contributed by atoms with van der Waals surface area (Å²) < 4.78 is 32.6. The van der Waals surface area contributed by atoms with E-state index in [1.807, 2.05) is 78.9 Å². The molecule has 1 saturated heterocycles. The van der Waals surface area contributed by atoms with Gasteiger partial charge in [-0.1, -0.05) is 75.4 Å². The first-order valence-corrected chi connectivity index (χ1v) is 19.5. The highest BCUT2D eigenvalue weighted by atomic mass is 28.4. The maximum absolute atomic E-state index is 13.3. The molecule has 2 heterocycles. The van der Waals surface area contributed by atoms with Crippen LogP contribution in [0.3, 0.4) is 0 Å². The number of amides is 1. The second kappa shape index (κ2) is 14.9. The summed E-state index contributed by atoms with van der Waals surface area (Å²) in [6.07, 6.45) is -2.52. The van der Waals surface area contributed by atoms with Crippen LogP contribution in [-0.4, -0.2) is 68.0 Å². The second-order valence-corrected chi connectivity index (χ2v) is 18.7. The van der Waals surface area contributed by atoms with Crippen LogP contribution in [0.1, 0.15) is 50.6 Å². The van der Waals surface area contributed by atoms with E-state index >= 15 is 0 Å². The Hall–Kier alpha value is -4.33. The molecule has 2 N–H and O–H groups in total. The van der Waals surface area contributed by atoms with E-state index in [0.29, 0.717) is 11.5 Å². The van der Waals surface area contributed by atoms with E-state index in [1.165, 1.54) is 23.8 Å². The molecular weight excluding hydrogens is 655 g/mol. The zero-order valence-electron chi connectivity index (χ0n) is 29.9. The first-order chi connectivity index (χ1) is 23.7. The number of ether oxygens (including phenoxy) is 4. The molecule has 0 bridgehead atoms. The van der Waals surface area contributed by atoms with E-state index in [4.69, 9.17) is 23.4 Å². The third-order valence-electron chi connectivity index (χ3n) is 9.60. The highest BCUT2D eigenvalue weighted by Gasteiger charge is 2.51. The van der Waals surface area contributed by atoms with Gasteiger partial charge in [-0.15, -0.1) is 0 Å². The fourth-order valence-electron chi connectivity index (χ4n) is 5.86. The van der Waals surface area contributed by atoms with Gasteiger partial charge in [-0.3, -0.25) is 9.36 Å². The van der Waals surface area contributed by atoms with E-state index in [-0.39, 0.29) is 23.4 Å². The molecule has 266 valence electrons. The Morgan fingerprint density at radius 1 is 0.900 bits per heavy atom. The highest BCUT2D eigenvalue weighted by molar-refractivity contribution is 6.74. The van der Waals surface area contributed by atoms with Gasteiger partial charge in [0.2, 0.25) is 5.91 Å². The van der Waals surface area contributed by atoms with Crippen molar-refractivity contribution in [1.29, 1.82) is 0 Å². The Kier molecular flexibility index (Phi) is 11.0. The summed E-state index contributed by atoms with van der Waals surface area (Å²) in [4.78, 5) is 29.0. The van der Waals surface area contributed by atoms with Gasteiger partial charge in [-0.2, -0.15) is 4.98 Å². The lowest BCUT2D eigenvalue weighted by Crippen LogP contribution is -2.49. The Morgan fingerprint density at radius 3 is 1.92 bits per heavy atom. The molecule has 3 aromatic carbocycles. The molecule has 5 rings (SSSR count). The molecule has 0 radical (unpaired) electrons.